The van der Waals surface area contributed by atoms with Crippen LogP contribution in [-0.4, -0.2) is 18.9 Å². The van der Waals surface area contributed by atoms with E-state index in [1.807, 2.05) is 12.2 Å². The summed E-state index contributed by atoms with van der Waals surface area (Å²) in [6.07, 6.45) is 22.7. The maximum atomic E-state index is 12.3. The smallest absolute Gasteiger partial charge is 0.364 e. The Labute approximate surface area is 194 Å². The largest absolute Gasteiger partial charge is 0.411 e. The average Bonchev–Trinajstić information content (AvgIpc) is 2.80. The van der Waals surface area contributed by atoms with Crippen LogP contribution < -0.4 is 0 Å². The van der Waals surface area contributed by atoms with E-state index in [1.54, 1.807) is 0 Å². The molecule has 3 aliphatic carbocycles. The normalized spacial score (nSPS) is 31.5. The van der Waals surface area contributed by atoms with Gasteiger partial charge in [-0.3, -0.25) is 0 Å². The van der Waals surface area contributed by atoms with Crippen LogP contribution in [0, 0.1) is 23.7 Å². The Morgan fingerprint density at radius 3 is 2.06 bits per heavy atom. The molecule has 0 heterocycles. The number of ether oxygens (including phenoxy) is 1. The zero-order valence-corrected chi connectivity index (χ0v) is 20.2. The van der Waals surface area contributed by atoms with Crippen LogP contribution in [-0.2, 0) is 4.74 Å². The quantitative estimate of drug-likeness (QED) is 0.283. The molecule has 0 N–H and O–H groups in total. The van der Waals surface area contributed by atoms with Gasteiger partial charge in [0.25, 0.3) is 0 Å². The first kappa shape index (κ1) is 25.8. The summed E-state index contributed by atoms with van der Waals surface area (Å²) in [4.78, 5) is 0. The minimum absolute atomic E-state index is 0.428. The van der Waals surface area contributed by atoms with E-state index in [4.69, 9.17) is 4.74 Å². The van der Waals surface area contributed by atoms with Gasteiger partial charge >= 0.3 is 6.18 Å². The van der Waals surface area contributed by atoms with Crippen LogP contribution in [0.3, 0.4) is 0 Å². The van der Waals surface area contributed by atoms with Gasteiger partial charge in [-0.05, 0) is 74.2 Å². The van der Waals surface area contributed by atoms with Gasteiger partial charge in [0.2, 0.25) is 0 Å². The van der Waals surface area contributed by atoms with E-state index >= 15 is 0 Å². The van der Waals surface area contributed by atoms with Gasteiger partial charge in [-0.1, -0.05) is 82.9 Å². The van der Waals surface area contributed by atoms with Crippen molar-refractivity contribution in [1.82, 2.24) is 0 Å². The molecule has 0 spiro atoms. The Kier molecular flexibility index (Phi) is 10.7. The van der Waals surface area contributed by atoms with E-state index in [-0.39, 0.29) is 0 Å². The molecule has 3 aliphatic rings. The van der Waals surface area contributed by atoms with Crippen molar-refractivity contribution in [3.05, 3.63) is 23.8 Å². The molecule has 2 fully saturated rings. The second-order valence-corrected chi connectivity index (χ2v) is 10.7. The number of hydrogen-bond donors (Lipinski definition) is 0. The predicted octanol–water partition coefficient (Wildman–Crippen LogP) is 9.18. The van der Waals surface area contributed by atoms with Crippen molar-refractivity contribution in [1.29, 1.82) is 0 Å². The number of rotatable bonds is 11. The second kappa shape index (κ2) is 13.2. The molecule has 4 heteroatoms. The van der Waals surface area contributed by atoms with Crippen molar-refractivity contribution in [2.24, 2.45) is 23.7 Å². The van der Waals surface area contributed by atoms with Gasteiger partial charge in [-0.15, -0.1) is 0 Å². The molecule has 0 bridgehead atoms. The summed E-state index contributed by atoms with van der Waals surface area (Å²) in [6, 6.07) is 0. The van der Waals surface area contributed by atoms with Gasteiger partial charge in [0, 0.05) is 0 Å². The SMILES string of the molecule is CCCCCCCCC1CCC(C2CCC(C3=CCC(OCC(F)(F)F)C=C3)CC2)CC1. The monoisotopic (exact) mass is 454 g/mol. The zero-order chi connectivity index (χ0) is 22.8. The standard InChI is InChI=1S/C28H45F3O/c1-2-3-4-5-6-7-8-22-9-11-23(12-10-22)24-13-15-25(16-14-24)26-17-19-27(20-18-26)32-21-28(29,30)31/h17-19,22-25,27H,2-16,20-21H2,1H3. The molecule has 184 valence electrons. The average molecular weight is 455 g/mol. The third kappa shape index (κ3) is 8.88. The van der Waals surface area contributed by atoms with Crippen LogP contribution in [0.2, 0.25) is 0 Å². The van der Waals surface area contributed by atoms with Crippen LogP contribution in [0.15, 0.2) is 23.8 Å². The number of hydrogen-bond acceptors (Lipinski definition) is 1. The lowest BCUT2D eigenvalue weighted by Gasteiger charge is -2.38. The molecule has 0 amide bonds. The Hall–Kier alpha value is -0.770. The van der Waals surface area contributed by atoms with Gasteiger partial charge in [-0.2, -0.15) is 13.2 Å². The molecule has 0 aromatic carbocycles. The Bertz CT molecular complexity index is 578. The molecule has 0 aromatic heterocycles. The van der Waals surface area contributed by atoms with E-state index < -0.39 is 18.9 Å². The summed E-state index contributed by atoms with van der Waals surface area (Å²) < 4.78 is 42.0. The lowest BCUT2D eigenvalue weighted by atomic mass is 9.67. The molecule has 1 atom stereocenters. The second-order valence-electron chi connectivity index (χ2n) is 10.7. The number of alkyl halides is 3. The van der Waals surface area contributed by atoms with Crippen LogP contribution in [0.5, 0.6) is 0 Å². The molecule has 0 aliphatic heterocycles. The van der Waals surface area contributed by atoms with E-state index in [1.165, 1.54) is 102 Å². The number of allylic oxidation sites excluding steroid dienone is 2. The lowest BCUT2D eigenvalue weighted by Crippen LogP contribution is -2.27. The van der Waals surface area contributed by atoms with E-state index in [0.717, 1.165) is 17.8 Å². The Balaban J connectivity index is 1.29. The molecule has 0 aromatic rings. The van der Waals surface area contributed by atoms with Crippen LogP contribution in [0.1, 0.15) is 110 Å². The molecular formula is C28H45F3O. The molecule has 32 heavy (non-hydrogen) atoms. The highest BCUT2D eigenvalue weighted by Crippen LogP contribution is 2.44. The van der Waals surface area contributed by atoms with E-state index in [0.29, 0.717) is 12.3 Å². The van der Waals surface area contributed by atoms with Crippen LogP contribution in [0.25, 0.3) is 0 Å². The third-order valence-electron chi connectivity index (χ3n) is 8.32. The fourth-order valence-electron chi connectivity index (χ4n) is 6.33. The maximum absolute atomic E-state index is 12.3. The maximum Gasteiger partial charge on any atom is 0.411 e. The van der Waals surface area contributed by atoms with E-state index in [2.05, 4.69) is 13.0 Å². The van der Waals surface area contributed by atoms with Crippen molar-refractivity contribution in [3.8, 4) is 0 Å². The molecule has 2 saturated carbocycles. The summed E-state index contributed by atoms with van der Waals surface area (Å²) in [7, 11) is 0. The summed E-state index contributed by atoms with van der Waals surface area (Å²) in [5.74, 6) is 3.42. The topological polar surface area (TPSA) is 9.23 Å². The lowest BCUT2D eigenvalue weighted by molar-refractivity contribution is -0.180. The van der Waals surface area contributed by atoms with Crippen LogP contribution >= 0.6 is 0 Å². The highest BCUT2D eigenvalue weighted by Gasteiger charge is 2.32. The summed E-state index contributed by atoms with van der Waals surface area (Å²) in [6.45, 7) is 1.13. The first-order valence-electron chi connectivity index (χ1n) is 13.5. The summed E-state index contributed by atoms with van der Waals surface area (Å²) >= 11 is 0. The van der Waals surface area contributed by atoms with Crippen molar-refractivity contribution in [2.45, 2.75) is 122 Å². The van der Waals surface area contributed by atoms with E-state index in [9.17, 15) is 13.2 Å². The first-order valence-corrected chi connectivity index (χ1v) is 13.5. The zero-order valence-electron chi connectivity index (χ0n) is 20.2. The van der Waals surface area contributed by atoms with Gasteiger partial charge in [-0.25, -0.2) is 0 Å². The third-order valence-corrected chi connectivity index (χ3v) is 8.32. The molecule has 0 radical (unpaired) electrons. The van der Waals surface area contributed by atoms with Gasteiger partial charge in [0.1, 0.15) is 6.61 Å². The predicted molar refractivity (Wildman–Crippen MR) is 127 cm³/mol. The van der Waals surface area contributed by atoms with Crippen molar-refractivity contribution in [2.75, 3.05) is 6.61 Å². The van der Waals surface area contributed by atoms with Gasteiger partial charge < -0.3 is 4.74 Å². The first-order chi connectivity index (χ1) is 15.4. The van der Waals surface area contributed by atoms with Crippen molar-refractivity contribution >= 4 is 0 Å². The highest BCUT2D eigenvalue weighted by molar-refractivity contribution is 5.27. The van der Waals surface area contributed by atoms with Crippen molar-refractivity contribution in [3.63, 3.8) is 0 Å². The fraction of sp³-hybridized carbons (Fsp3) is 0.857. The fourth-order valence-corrected chi connectivity index (χ4v) is 6.33. The van der Waals surface area contributed by atoms with Gasteiger partial charge in [0.05, 0.1) is 6.10 Å². The van der Waals surface area contributed by atoms with Crippen molar-refractivity contribution < 1.29 is 17.9 Å². The Morgan fingerprint density at radius 2 is 1.47 bits per heavy atom. The number of unbranched alkanes of at least 4 members (excludes halogenated alkanes) is 5. The van der Waals surface area contributed by atoms with Crippen LogP contribution in [0.4, 0.5) is 13.2 Å². The molecule has 0 saturated heterocycles. The molecule has 1 nitrogen and oxygen atoms in total. The Morgan fingerprint density at radius 1 is 0.844 bits per heavy atom. The minimum Gasteiger partial charge on any atom is -0.364 e. The molecule has 1 unspecified atom stereocenters. The molecular weight excluding hydrogens is 409 g/mol. The summed E-state index contributed by atoms with van der Waals surface area (Å²) in [5.41, 5.74) is 1.33. The molecule has 3 rings (SSSR count). The highest BCUT2D eigenvalue weighted by atomic mass is 19.4. The summed E-state index contributed by atoms with van der Waals surface area (Å²) in [5, 5.41) is 0. The number of halogens is 3. The minimum atomic E-state index is -4.25. The van der Waals surface area contributed by atoms with Gasteiger partial charge in [0.15, 0.2) is 0 Å².